The van der Waals surface area contributed by atoms with Crippen molar-refractivity contribution in [1.82, 2.24) is 0 Å². The lowest BCUT2D eigenvalue weighted by atomic mass is 10.4. The van der Waals surface area contributed by atoms with Crippen LogP contribution in [0.15, 0.2) is 34.1 Å². The molecule has 1 unspecified atom stereocenters. The molecule has 0 bridgehead atoms. The van der Waals surface area contributed by atoms with Crippen LogP contribution in [0, 0.1) is 0 Å². The summed E-state index contributed by atoms with van der Waals surface area (Å²) in [5, 5.41) is 5.00. The van der Waals surface area contributed by atoms with Crippen molar-refractivity contribution < 1.29 is 12.8 Å². The SMILES string of the molecule is NS(=O)(=O)c1ccccc1SCC(F)Cl. The molecule has 0 saturated carbocycles. The van der Waals surface area contributed by atoms with Gasteiger partial charge in [-0.25, -0.2) is 17.9 Å². The van der Waals surface area contributed by atoms with E-state index in [4.69, 9.17) is 16.7 Å². The predicted molar refractivity (Wildman–Crippen MR) is 59.3 cm³/mol. The number of hydrogen-bond acceptors (Lipinski definition) is 3. The highest BCUT2D eigenvalue weighted by atomic mass is 35.5. The molecule has 0 aliphatic rings. The van der Waals surface area contributed by atoms with Crippen molar-refractivity contribution in [3.63, 3.8) is 0 Å². The minimum absolute atomic E-state index is 0.00711. The molecule has 1 rings (SSSR count). The van der Waals surface area contributed by atoms with E-state index in [1.807, 2.05) is 0 Å². The lowest BCUT2D eigenvalue weighted by molar-refractivity contribution is 0.481. The highest BCUT2D eigenvalue weighted by molar-refractivity contribution is 8.00. The summed E-state index contributed by atoms with van der Waals surface area (Å²) in [5.41, 5.74) is -1.51. The van der Waals surface area contributed by atoms with E-state index in [1.165, 1.54) is 6.07 Å². The van der Waals surface area contributed by atoms with Crippen LogP contribution in [0.2, 0.25) is 0 Å². The monoisotopic (exact) mass is 269 g/mol. The van der Waals surface area contributed by atoms with Gasteiger partial charge in [-0.05, 0) is 12.1 Å². The fraction of sp³-hybridized carbons (Fsp3) is 0.250. The number of primary sulfonamides is 1. The maximum atomic E-state index is 12.4. The maximum absolute atomic E-state index is 12.4. The lowest BCUT2D eigenvalue weighted by Gasteiger charge is -2.06. The normalized spacial score (nSPS) is 13.8. The van der Waals surface area contributed by atoms with Crippen LogP contribution in [0.3, 0.4) is 0 Å². The van der Waals surface area contributed by atoms with Crippen LogP contribution in [0.25, 0.3) is 0 Å². The van der Waals surface area contributed by atoms with Gasteiger partial charge in [-0.2, -0.15) is 0 Å². The Morgan fingerprint density at radius 1 is 1.47 bits per heavy atom. The van der Waals surface area contributed by atoms with E-state index < -0.39 is 15.7 Å². The molecule has 1 aromatic rings. The first-order valence-electron chi connectivity index (χ1n) is 3.94. The van der Waals surface area contributed by atoms with E-state index in [9.17, 15) is 12.8 Å². The van der Waals surface area contributed by atoms with E-state index in [0.717, 1.165) is 11.8 Å². The number of alkyl halides is 2. The van der Waals surface area contributed by atoms with Crippen LogP contribution >= 0.6 is 23.4 Å². The third-order valence-corrected chi connectivity index (χ3v) is 4.08. The Morgan fingerprint density at radius 2 is 2.07 bits per heavy atom. The van der Waals surface area contributed by atoms with Crippen molar-refractivity contribution in [3.05, 3.63) is 24.3 Å². The predicted octanol–water partition coefficient (Wildman–Crippen LogP) is 1.96. The molecule has 1 atom stereocenters. The van der Waals surface area contributed by atoms with Gasteiger partial charge in [0.1, 0.15) is 0 Å². The molecule has 0 aliphatic carbocycles. The van der Waals surface area contributed by atoms with Crippen LogP contribution in [0.5, 0.6) is 0 Å². The second kappa shape index (κ2) is 5.16. The van der Waals surface area contributed by atoms with Gasteiger partial charge in [0.05, 0.1) is 4.90 Å². The smallest absolute Gasteiger partial charge is 0.229 e. The van der Waals surface area contributed by atoms with Gasteiger partial charge < -0.3 is 0 Å². The highest BCUT2D eigenvalue weighted by Crippen LogP contribution is 2.27. The summed E-state index contributed by atoms with van der Waals surface area (Å²) in [6.07, 6.45) is 0. The Labute approximate surface area is 96.9 Å². The quantitative estimate of drug-likeness (QED) is 0.671. The number of thioether (sulfide) groups is 1. The molecule has 2 N–H and O–H groups in total. The Morgan fingerprint density at radius 3 is 2.60 bits per heavy atom. The Bertz CT molecular complexity index is 436. The molecule has 3 nitrogen and oxygen atoms in total. The average molecular weight is 270 g/mol. The third kappa shape index (κ3) is 3.98. The Balaban J connectivity index is 2.98. The Kier molecular flexibility index (Phi) is 4.39. The minimum atomic E-state index is -3.77. The summed E-state index contributed by atoms with van der Waals surface area (Å²) in [7, 11) is -3.77. The minimum Gasteiger partial charge on any atom is -0.229 e. The van der Waals surface area contributed by atoms with Gasteiger partial charge in [0.15, 0.2) is 5.63 Å². The van der Waals surface area contributed by atoms with Crippen molar-refractivity contribution in [2.24, 2.45) is 5.14 Å². The van der Waals surface area contributed by atoms with E-state index in [0.29, 0.717) is 4.90 Å². The molecule has 84 valence electrons. The molecule has 0 spiro atoms. The van der Waals surface area contributed by atoms with Crippen LogP contribution in [-0.2, 0) is 10.0 Å². The molecule has 0 saturated heterocycles. The van der Waals surface area contributed by atoms with E-state index in [-0.39, 0.29) is 10.6 Å². The summed E-state index contributed by atoms with van der Waals surface area (Å²) in [5.74, 6) is -0.0198. The second-order valence-corrected chi connectivity index (χ2v) is 5.76. The molecule has 0 radical (unpaired) electrons. The van der Waals surface area contributed by atoms with Crippen LogP contribution in [0.4, 0.5) is 4.39 Å². The first-order valence-corrected chi connectivity index (χ1v) is 6.91. The number of hydrogen-bond donors (Lipinski definition) is 1. The van der Waals surface area contributed by atoms with Gasteiger partial charge >= 0.3 is 0 Å². The van der Waals surface area contributed by atoms with Gasteiger partial charge in [-0.1, -0.05) is 23.7 Å². The number of nitrogens with two attached hydrogens (primary N) is 1. The summed E-state index contributed by atoms with van der Waals surface area (Å²) in [6.45, 7) is 0. The number of rotatable bonds is 4. The molecule has 15 heavy (non-hydrogen) atoms. The molecule has 7 heteroatoms. The first kappa shape index (κ1) is 12.8. The number of sulfonamides is 1. The molecular weight excluding hydrogens is 261 g/mol. The molecule has 0 aliphatic heterocycles. The topological polar surface area (TPSA) is 60.2 Å². The van der Waals surface area contributed by atoms with E-state index in [1.54, 1.807) is 18.2 Å². The molecule has 0 heterocycles. The van der Waals surface area contributed by atoms with Crippen molar-refractivity contribution in [2.45, 2.75) is 15.4 Å². The zero-order valence-electron chi connectivity index (χ0n) is 7.56. The van der Waals surface area contributed by atoms with E-state index in [2.05, 4.69) is 0 Å². The molecular formula is C8H9ClFNO2S2. The second-order valence-electron chi connectivity index (χ2n) is 2.69. The fourth-order valence-electron chi connectivity index (χ4n) is 0.957. The van der Waals surface area contributed by atoms with Gasteiger partial charge in [0.2, 0.25) is 10.0 Å². The molecule has 0 amide bonds. The summed E-state index contributed by atoms with van der Waals surface area (Å²) < 4.78 is 34.7. The van der Waals surface area contributed by atoms with Gasteiger partial charge in [-0.3, -0.25) is 0 Å². The van der Waals surface area contributed by atoms with Crippen LogP contribution in [0.1, 0.15) is 0 Å². The van der Waals surface area contributed by atoms with Crippen molar-refractivity contribution in [3.8, 4) is 0 Å². The van der Waals surface area contributed by atoms with Gasteiger partial charge in [0, 0.05) is 10.6 Å². The summed E-state index contributed by atoms with van der Waals surface area (Å²) >= 11 is 6.14. The maximum Gasteiger partial charge on any atom is 0.239 e. The van der Waals surface area contributed by atoms with Crippen molar-refractivity contribution in [1.29, 1.82) is 0 Å². The number of benzene rings is 1. The zero-order valence-corrected chi connectivity index (χ0v) is 9.95. The van der Waals surface area contributed by atoms with Gasteiger partial charge in [-0.15, -0.1) is 11.8 Å². The fourth-order valence-corrected chi connectivity index (χ4v) is 2.98. The largest absolute Gasteiger partial charge is 0.239 e. The standard InChI is InChI=1S/C8H9ClFNO2S2/c9-8(10)5-14-6-3-1-2-4-7(6)15(11,12)13/h1-4,8H,5H2,(H2,11,12,13). The van der Waals surface area contributed by atoms with Crippen LogP contribution < -0.4 is 5.14 Å². The number of halogens is 2. The summed E-state index contributed by atoms with van der Waals surface area (Å²) in [6, 6.07) is 6.14. The van der Waals surface area contributed by atoms with Crippen molar-refractivity contribution in [2.75, 3.05) is 5.75 Å². The van der Waals surface area contributed by atoms with E-state index >= 15 is 0 Å². The molecule has 0 aromatic heterocycles. The lowest BCUT2D eigenvalue weighted by Crippen LogP contribution is -2.13. The summed E-state index contributed by atoms with van der Waals surface area (Å²) in [4.78, 5) is 0.399. The zero-order chi connectivity index (χ0) is 11.5. The van der Waals surface area contributed by atoms with Gasteiger partial charge in [0.25, 0.3) is 0 Å². The third-order valence-electron chi connectivity index (χ3n) is 1.52. The Hall–Kier alpha value is -0.300. The van der Waals surface area contributed by atoms with Crippen molar-refractivity contribution >= 4 is 33.4 Å². The van der Waals surface area contributed by atoms with Crippen LogP contribution in [-0.4, -0.2) is 19.8 Å². The molecule has 0 fully saturated rings. The highest BCUT2D eigenvalue weighted by Gasteiger charge is 2.14. The molecule has 1 aromatic carbocycles. The average Bonchev–Trinajstić information content (AvgIpc) is 2.13. The first-order chi connectivity index (χ1) is 6.91.